The van der Waals surface area contributed by atoms with Crippen LogP contribution >= 0.6 is 0 Å². The van der Waals surface area contributed by atoms with Crippen molar-refractivity contribution in [2.24, 2.45) is 5.92 Å². The van der Waals surface area contributed by atoms with Gasteiger partial charge in [0.25, 0.3) is 0 Å². The van der Waals surface area contributed by atoms with E-state index in [1.54, 1.807) is 7.11 Å². The van der Waals surface area contributed by atoms with Crippen LogP contribution in [-0.2, 0) is 4.74 Å². The van der Waals surface area contributed by atoms with Gasteiger partial charge in [-0.3, -0.25) is 10.2 Å². The van der Waals surface area contributed by atoms with Crippen LogP contribution < -0.4 is 5.32 Å². The van der Waals surface area contributed by atoms with Crippen molar-refractivity contribution in [1.29, 1.82) is 5.26 Å². The van der Waals surface area contributed by atoms with E-state index in [-0.39, 0.29) is 0 Å². The summed E-state index contributed by atoms with van der Waals surface area (Å²) >= 11 is 0. The zero-order chi connectivity index (χ0) is 15.9. The molecular weight excluding hydrogens is 262 g/mol. The topological polar surface area (TPSA) is 48.3 Å². The maximum Gasteiger partial charge on any atom is 0.122 e. The molecule has 1 aliphatic carbocycles. The third kappa shape index (κ3) is 5.25. The number of hydrogen-bond acceptors (Lipinski definition) is 4. The summed E-state index contributed by atoms with van der Waals surface area (Å²) in [4.78, 5) is 2.46. The number of nitrogens with one attached hydrogen (secondary N) is 1. The second-order valence-electron chi connectivity index (χ2n) is 6.59. The highest BCUT2D eigenvalue weighted by atomic mass is 16.5. The molecule has 0 heterocycles. The summed E-state index contributed by atoms with van der Waals surface area (Å²) in [5, 5.41) is 13.4. The van der Waals surface area contributed by atoms with E-state index in [4.69, 9.17) is 4.74 Å². The number of nitrogens with zero attached hydrogens (tertiary/aromatic N) is 2. The molecule has 0 amide bonds. The van der Waals surface area contributed by atoms with E-state index in [1.807, 2.05) is 0 Å². The zero-order valence-electron chi connectivity index (χ0n) is 14.5. The molecule has 0 bridgehead atoms. The molecule has 4 heteroatoms. The highest BCUT2D eigenvalue weighted by molar-refractivity contribution is 5.17. The molecular formula is C17H33N3O. The number of ether oxygens (including phenoxy) is 1. The smallest absolute Gasteiger partial charge is 0.122 e. The van der Waals surface area contributed by atoms with E-state index in [0.29, 0.717) is 18.0 Å². The number of nitriles is 1. The van der Waals surface area contributed by atoms with Gasteiger partial charge in [0.05, 0.1) is 12.7 Å². The van der Waals surface area contributed by atoms with Gasteiger partial charge in [0.15, 0.2) is 0 Å². The third-order valence-corrected chi connectivity index (χ3v) is 4.51. The Balaban J connectivity index is 2.86. The number of rotatable bonds is 11. The fraction of sp³-hybridized carbons (Fsp3) is 0.941. The minimum Gasteiger partial charge on any atom is -0.383 e. The normalized spacial score (nSPS) is 18.2. The molecule has 1 atom stereocenters. The number of methoxy groups -OCH3 is 1. The van der Waals surface area contributed by atoms with Gasteiger partial charge in [-0.25, -0.2) is 0 Å². The van der Waals surface area contributed by atoms with Crippen molar-refractivity contribution in [3.8, 4) is 6.07 Å². The first kappa shape index (κ1) is 18.4. The van der Waals surface area contributed by atoms with Crippen molar-refractivity contribution < 1.29 is 4.74 Å². The molecule has 0 aliphatic heterocycles. The highest BCUT2D eigenvalue weighted by Crippen LogP contribution is 2.40. The minimum absolute atomic E-state index is 0.330. The Morgan fingerprint density at radius 2 is 1.95 bits per heavy atom. The van der Waals surface area contributed by atoms with Crippen molar-refractivity contribution in [3.63, 3.8) is 0 Å². The van der Waals surface area contributed by atoms with E-state index < -0.39 is 5.54 Å². The lowest BCUT2D eigenvalue weighted by Crippen LogP contribution is -2.58. The van der Waals surface area contributed by atoms with E-state index >= 15 is 0 Å². The Labute approximate surface area is 130 Å². The molecule has 1 N–H and O–H groups in total. The molecule has 0 radical (unpaired) electrons. The van der Waals surface area contributed by atoms with Gasteiger partial charge in [0, 0.05) is 32.3 Å². The van der Waals surface area contributed by atoms with Gasteiger partial charge >= 0.3 is 0 Å². The van der Waals surface area contributed by atoms with Crippen molar-refractivity contribution in [1.82, 2.24) is 10.2 Å². The van der Waals surface area contributed by atoms with Gasteiger partial charge in [0.1, 0.15) is 5.54 Å². The van der Waals surface area contributed by atoms with Crippen LogP contribution in [0.25, 0.3) is 0 Å². The Kier molecular flexibility index (Phi) is 7.65. The van der Waals surface area contributed by atoms with Crippen LogP contribution in [0.4, 0.5) is 0 Å². The Hall–Kier alpha value is -0.630. The molecule has 1 unspecified atom stereocenters. The Morgan fingerprint density at radius 1 is 1.33 bits per heavy atom. The minimum atomic E-state index is -0.398. The molecule has 0 saturated heterocycles. The molecule has 0 spiro atoms. The van der Waals surface area contributed by atoms with Gasteiger partial charge < -0.3 is 4.74 Å². The fourth-order valence-electron chi connectivity index (χ4n) is 3.27. The average Bonchev–Trinajstić information content (AvgIpc) is 3.29. The molecule has 1 aliphatic rings. The van der Waals surface area contributed by atoms with Gasteiger partial charge in [-0.2, -0.15) is 5.26 Å². The summed E-state index contributed by atoms with van der Waals surface area (Å²) in [6, 6.07) is 3.48. The first-order valence-corrected chi connectivity index (χ1v) is 8.44. The molecule has 1 fully saturated rings. The van der Waals surface area contributed by atoms with Crippen molar-refractivity contribution in [2.45, 2.75) is 71.0 Å². The van der Waals surface area contributed by atoms with Gasteiger partial charge in [0.2, 0.25) is 0 Å². The lowest BCUT2D eigenvalue weighted by molar-refractivity contribution is 0.0897. The predicted molar refractivity (Wildman–Crippen MR) is 87.2 cm³/mol. The second-order valence-corrected chi connectivity index (χ2v) is 6.59. The summed E-state index contributed by atoms with van der Waals surface area (Å²) in [6.07, 6.45) is 4.59. The second kappa shape index (κ2) is 8.73. The third-order valence-electron chi connectivity index (χ3n) is 4.51. The Morgan fingerprint density at radius 3 is 2.33 bits per heavy atom. The zero-order valence-corrected chi connectivity index (χ0v) is 14.5. The van der Waals surface area contributed by atoms with Crippen molar-refractivity contribution >= 4 is 0 Å². The van der Waals surface area contributed by atoms with E-state index in [1.165, 1.54) is 12.8 Å². The van der Waals surface area contributed by atoms with Crippen molar-refractivity contribution in [2.75, 3.05) is 26.8 Å². The SMILES string of the molecule is CCC(CC)N(CCOC)CC(C#N)(NC(C)C)C1CC1. The summed E-state index contributed by atoms with van der Waals surface area (Å²) in [7, 11) is 1.75. The summed E-state index contributed by atoms with van der Waals surface area (Å²) in [5.74, 6) is 0.504. The van der Waals surface area contributed by atoms with Crippen molar-refractivity contribution in [3.05, 3.63) is 0 Å². The molecule has 0 aromatic carbocycles. The molecule has 0 aromatic heterocycles. The maximum atomic E-state index is 9.87. The molecule has 4 nitrogen and oxygen atoms in total. The average molecular weight is 295 g/mol. The lowest BCUT2D eigenvalue weighted by atomic mass is 9.92. The molecule has 122 valence electrons. The maximum absolute atomic E-state index is 9.87. The quantitative estimate of drug-likeness (QED) is 0.637. The molecule has 1 rings (SSSR count). The first-order chi connectivity index (χ1) is 10.0. The lowest BCUT2D eigenvalue weighted by Gasteiger charge is -2.39. The molecule has 0 aromatic rings. The van der Waals surface area contributed by atoms with Gasteiger partial charge in [-0.05, 0) is 45.4 Å². The van der Waals surface area contributed by atoms with Crippen LogP contribution in [0.2, 0.25) is 0 Å². The van der Waals surface area contributed by atoms with Crippen LogP contribution in [-0.4, -0.2) is 49.3 Å². The summed E-state index contributed by atoms with van der Waals surface area (Å²) in [6.45, 7) is 11.2. The summed E-state index contributed by atoms with van der Waals surface area (Å²) < 4.78 is 5.27. The highest BCUT2D eigenvalue weighted by Gasteiger charge is 2.47. The number of hydrogen-bond donors (Lipinski definition) is 1. The monoisotopic (exact) mass is 295 g/mol. The van der Waals surface area contributed by atoms with Crippen LogP contribution in [0.15, 0.2) is 0 Å². The molecule has 21 heavy (non-hydrogen) atoms. The van der Waals surface area contributed by atoms with E-state index in [2.05, 4.69) is 44.0 Å². The molecule has 1 saturated carbocycles. The standard InChI is InChI=1S/C17H33N3O/c1-6-16(7-2)20(10-11-21-5)13-17(12-18,15-8-9-15)19-14(3)4/h14-16,19H,6-11,13H2,1-5H3. The fourth-order valence-corrected chi connectivity index (χ4v) is 3.27. The Bertz CT molecular complexity index is 331. The van der Waals surface area contributed by atoms with Gasteiger partial charge in [-0.1, -0.05) is 13.8 Å². The van der Waals surface area contributed by atoms with E-state index in [0.717, 1.165) is 32.5 Å². The van der Waals surface area contributed by atoms with Crippen LogP contribution in [0.5, 0.6) is 0 Å². The van der Waals surface area contributed by atoms with Crippen LogP contribution in [0, 0.1) is 17.2 Å². The van der Waals surface area contributed by atoms with Gasteiger partial charge in [-0.15, -0.1) is 0 Å². The van der Waals surface area contributed by atoms with E-state index in [9.17, 15) is 5.26 Å². The predicted octanol–water partition coefficient (Wildman–Crippen LogP) is 2.79. The van der Waals surface area contributed by atoms with Crippen LogP contribution in [0.1, 0.15) is 53.4 Å². The largest absolute Gasteiger partial charge is 0.383 e. The summed E-state index contributed by atoms with van der Waals surface area (Å²) in [5.41, 5.74) is -0.398. The van der Waals surface area contributed by atoms with Crippen LogP contribution in [0.3, 0.4) is 0 Å². The first-order valence-electron chi connectivity index (χ1n) is 8.44.